The van der Waals surface area contributed by atoms with Gasteiger partial charge in [-0.05, 0) is 26.8 Å². The van der Waals surface area contributed by atoms with Crippen molar-refractivity contribution in [1.82, 2.24) is 15.5 Å². The van der Waals surface area contributed by atoms with Crippen LogP contribution in [0.5, 0.6) is 0 Å². The average Bonchev–Trinajstić information content (AvgIpc) is 3.10. The summed E-state index contributed by atoms with van der Waals surface area (Å²) in [6.45, 7) is 9.25. The van der Waals surface area contributed by atoms with Gasteiger partial charge in [0.25, 0.3) is 0 Å². The molecule has 28 heavy (non-hydrogen) atoms. The average molecular weight is 432 g/mol. The van der Waals surface area contributed by atoms with Crippen molar-refractivity contribution in [2.75, 3.05) is 20.1 Å². The van der Waals surface area contributed by atoms with E-state index in [1.807, 2.05) is 14.0 Å². The number of hydrogen-bond donors (Lipinski definition) is 4. The number of rotatable bonds is 8. The lowest BCUT2D eigenvalue weighted by Crippen LogP contribution is -2.63. The molecule has 1 amide bonds. The highest BCUT2D eigenvalue weighted by atomic mass is 35.5. The van der Waals surface area contributed by atoms with Crippen LogP contribution in [0.3, 0.4) is 0 Å². The molecule has 3 aliphatic heterocycles. The number of thioether (sulfide) groups is 1. The molecule has 0 aromatic carbocycles. The summed E-state index contributed by atoms with van der Waals surface area (Å²) in [4.78, 5) is 26.4. The number of nitrogens with one attached hydrogen (secondary N) is 2. The summed E-state index contributed by atoms with van der Waals surface area (Å²) in [7, 11) is 1.90. The van der Waals surface area contributed by atoms with Gasteiger partial charge in [0.05, 0.1) is 18.1 Å². The van der Waals surface area contributed by atoms with Crippen LogP contribution in [0.15, 0.2) is 22.8 Å². The maximum atomic E-state index is 12.4. The summed E-state index contributed by atoms with van der Waals surface area (Å²) in [5.74, 6) is -1.92. The van der Waals surface area contributed by atoms with Crippen molar-refractivity contribution in [1.29, 1.82) is 0 Å². The lowest BCUT2D eigenvalue weighted by molar-refractivity contribution is -0.163. The molecule has 0 radical (unpaired) electrons. The van der Waals surface area contributed by atoms with E-state index in [9.17, 15) is 19.8 Å². The highest BCUT2D eigenvalue weighted by molar-refractivity contribution is 8.03. The quantitative estimate of drug-likeness (QED) is 0.338. The molecule has 2 fully saturated rings. The maximum absolute atomic E-state index is 12.4. The second kappa shape index (κ2) is 9.17. The molecular formula is C19H30ClN3O4S. The molecule has 0 aromatic rings. The Morgan fingerprint density at radius 2 is 2.18 bits per heavy atom. The van der Waals surface area contributed by atoms with Crippen LogP contribution in [0.1, 0.15) is 26.7 Å². The second-order valence-corrected chi connectivity index (χ2v) is 9.18. The molecule has 3 heterocycles. The Morgan fingerprint density at radius 1 is 1.50 bits per heavy atom. The highest BCUT2D eigenvalue weighted by Crippen LogP contribution is 2.51. The molecule has 3 rings (SSSR count). The number of halogens is 1. The zero-order chi connectivity index (χ0) is 19.9. The first-order valence-corrected chi connectivity index (χ1v) is 10.3. The molecule has 0 aliphatic carbocycles. The summed E-state index contributed by atoms with van der Waals surface area (Å²) >= 11 is 1.58. The van der Waals surface area contributed by atoms with E-state index in [2.05, 4.69) is 17.2 Å². The monoisotopic (exact) mass is 431 g/mol. The zero-order valence-electron chi connectivity index (χ0n) is 16.5. The van der Waals surface area contributed by atoms with Gasteiger partial charge < -0.3 is 25.7 Å². The summed E-state index contributed by atoms with van der Waals surface area (Å²) < 4.78 is 0. The third-order valence-electron chi connectivity index (χ3n) is 5.75. The first-order valence-electron chi connectivity index (χ1n) is 9.46. The van der Waals surface area contributed by atoms with Crippen molar-refractivity contribution in [3.63, 3.8) is 0 Å². The number of aliphatic carboxylic acids is 1. The van der Waals surface area contributed by atoms with Crippen molar-refractivity contribution in [2.24, 2.45) is 11.8 Å². The largest absolute Gasteiger partial charge is 0.477 e. The maximum Gasteiger partial charge on any atom is 0.353 e. The minimum Gasteiger partial charge on any atom is -0.477 e. The molecular weight excluding hydrogens is 402 g/mol. The van der Waals surface area contributed by atoms with Crippen LogP contribution in [0.4, 0.5) is 0 Å². The molecule has 4 N–H and O–H groups in total. The Balaban J connectivity index is 0.00000280. The van der Waals surface area contributed by atoms with Crippen LogP contribution < -0.4 is 10.6 Å². The predicted molar refractivity (Wildman–Crippen MR) is 112 cm³/mol. The van der Waals surface area contributed by atoms with E-state index in [0.717, 1.165) is 36.4 Å². The number of carbonyl (C=O) groups excluding carboxylic acids is 1. The number of β-lactam (4-membered cyclic amide) rings is 1. The SMILES string of the molecule is C=C(CNC)C[C@H]1C[C@H](SC2=C(C(=O)O)N3C(=O)[C@H]([C@@H](C)O)[C@H]3[C@H]2C)CN1.Cl. The number of aliphatic hydroxyl groups is 1. The number of carbonyl (C=O) groups is 2. The van der Waals surface area contributed by atoms with Gasteiger partial charge in [-0.25, -0.2) is 4.79 Å². The van der Waals surface area contributed by atoms with Crippen LogP contribution in [-0.4, -0.2) is 70.6 Å². The lowest BCUT2D eigenvalue weighted by atomic mass is 9.79. The number of carboxylic acid groups (broad SMARTS) is 1. The lowest BCUT2D eigenvalue weighted by Gasteiger charge is -2.46. The fourth-order valence-electron chi connectivity index (χ4n) is 4.56. The molecule has 0 saturated carbocycles. The second-order valence-electron chi connectivity index (χ2n) is 7.84. The van der Waals surface area contributed by atoms with Gasteiger partial charge in [0, 0.05) is 35.2 Å². The molecule has 0 unspecified atom stereocenters. The van der Waals surface area contributed by atoms with E-state index in [1.54, 1.807) is 18.7 Å². The van der Waals surface area contributed by atoms with Crippen LogP contribution in [0.2, 0.25) is 0 Å². The third kappa shape index (κ3) is 4.11. The smallest absolute Gasteiger partial charge is 0.353 e. The van der Waals surface area contributed by atoms with Crippen molar-refractivity contribution in [3.8, 4) is 0 Å². The standard InChI is InChI=1S/C19H29N3O4S.ClH/c1-9(7-20-4)5-12-6-13(8-21-12)27-17-10(2)15-14(11(3)23)18(24)22(15)16(17)19(25)26;/h10-15,20-21,23H,1,5-8H2,2-4H3,(H,25,26);1H/t10-,11-,12+,13+,14-,15-;/m1./s1. The van der Waals surface area contributed by atoms with E-state index < -0.39 is 18.0 Å². The number of likely N-dealkylation sites (N-methyl/N-ethyl adjacent to an activating group) is 1. The molecule has 9 heteroatoms. The van der Waals surface area contributed by atoms with E-state index in [4.69, 9.17) is 0 Å². The molecule has 2 saturated heterocycles. The van der Waals surface area contributed by atoms with Crippen molar-refractivity contribution in [3.05, 3.63) is 22.8 Å². The fraction of sp³-hybridized carbons (Fsp3) is 0.684. The predicted octanol–water partition coefficient (Wildman–Crippen LogP) is 1.19. The minimum atomic E-state index is -1.06. The van der Waals surface area contributed by atoms with Crippen molar-refractivity contribution < 1.29 is 19.8 Å². The highest BCUT2D eigenvalue weighted by Gasteiger charge is 2.60. The Bertz CT molecular complexity index is 684. The molecule has 158 valence electrons. The number of carboxylic acids is 1. The first kappa shape index (κ1) is 23.2. The molecule has 0 aromatic heterocycles. The van der Waals surface area contributed by atoms with E-state index in [1.165, 1.54) is 4.90 Å². The van der Waals surface area contributed by atoms with Crippen LogP contribution in [-0.2, 0) is 9.59 Å². The van der Waals surface area contributed by atoms with E-state index in [0.29, 0.717) is 6.04 Å². The summed E-state index contributed by atoms with van der Waals surface area (Å²) in [5, 5.41) is 26.5. The number of nitrogens with zero attached hydrogens (tertiary/aromatic N) is 1. The topological polar surface area (TPSA) is 102 Å². The molecule has 3 aliphatic rings. The van der Waals surface area contributed by atoms with Gasteiger partial charge in [-0.1, -0.05) is 19.1 Å². The normalized spacial score (nSPS) is 32.6. The van der Waals surface area contributed by atoms with E-state index >= 15 is 0 Å². The molecule has 0 bridgehead atoms. The fourth-order valence-corrected chi connectivity index (χ4v) is 6.07. The Labute approximate surface area is 176 Å². The van der Waals surface area contributed by atoms with Crippen LogP contribution in [0.25, 0.3) is 0 Å². The van der Waals surface area contributed by atoms with Crippen LogP contribution in [0, 0.1) is 11.8 Å². The molecule has 7 nitrogen and oxygen atoms in total. The number of fused-ring (bicyclic) bond motifs is 1. The summed E-state index contributed by atoms with van der Waals surface area (Å²) in [5.41, 5.74) is 1.26. The Morgan fingerprint density at radius 3 is 2.75 bits per heavy atom. The van der Waals surface area contributed by atoms with Gasteiger partial charge in [0.15, 0.2) is 0 Å². The van der Waals surface area contributed by atoms with Gasteiger partial charge >= 0.3 is 5.97 Å². The Hall–Kier alpha value is -1.06. The zero-order valence-corrected chi connectivity index (χ0v) is 18.1. The Kier molecular flexibility index (Phi) is 7.61. The van der Waals surface area contributed by atoms with Gasteiger partial charge in [0.1, 0.15) is 5.70 Å². The minimum absolute atomic E-state index is 0. The van der Waals surface area contributed by atoms with Gasteiger partial charge in [0.2, 0.25) is 5.91 Å². The van der Waals surface area contributed by atoms with Gasteiger partial charge in [-0.3, -0.25) is 4.79 Å². The number of hydrogen-bond acceptors (Lipinski definition) is 6. The molecule has 0 spiro atoms. The summed E-state index contributed by atoms with van der Waals surface area (Å²) in [6, 6.07) is 0.101. The molecule has 6 atom stereocenters. The van der Waals surface area contributed by atoms with Crippen molar-refractivity contribution >= 4 is 36.0 Å². The van der Waals surface area contributed by atoms with E-state index in [-0.39, 0.29) is 41.2 Å². The number of amides is 1. The first-order chi connectivity index (χ1) is 12.8. The van der Waals surface area contributed by atoms with Crippen molar-refractivity contribution in [2.45, 2.75) is 50.1 Å². The third-order valence-corrected chi connectivity index (χ3v) is 7.26. The summed E-state index contributed by atoms with van der Waals surface area (Å²) in [6.07, 6.45) is 1.07. The number of aliphatic hydroxyl groups excluding tert-OH is 1. The van der Waals surface area contributed by atoms with Gasteiger partial charge in [-0.2, -0.15) is 0 Å². The van der Waals surface area contributed by atoms with Crippen LogP contribution >= 0.6 is 24.2 Å². The van der Waals surface area contributed by atoms with Gasteiger partial charge in [-0.15, -0.1) is 24.2 Å².